The molecule has 0 radical (unpaired) electrons. The second kappa shape index (κ2) is 15.1. The molecule has 8 aromatic carbocycles. The molecule has 0 heterocycles. The molecule has 0 atom stereocenters. The number of halogens is 2. The van der Waals surface area contributed by atoms with Crippen molar-refractivity contribution in [3.8, 4) is 33.4 Å². The van der Waals surface area contributed by atoms with Gasteiger partial charge in [0.2, 0.25) is 0 Å². The van der Waals surface area contributed by atoms with Gasteiger partial charge in [0, 0.05) is 8.95 Å². The molecule has 0 amide bonds. The van der Waals surface area contributed by atoms with Gasteiger partial charge in [-0.05, 0) is 114 Å². The third-order valence-corrected chi connectivity index (χ3v) is 11.8. The lowest BCUT2D eigenvalue weighted by molar-refractivity contribution is 0.768. The van der Waals surface area contributed by atoms with Crippen LogP contribution in [-0.4, -0.2) is 0 Å². The van der Waals surface area contributed by atoms with Crippen molar-refractivity contribution in [3.63, 3.8) is 0 Å². The molecule has 0 N–H and O–H groups in total. The lowest BCUT2D eigenvalue weighted by atomic mass is 9.67. The van der Waals surface area contributed by atoms with Crippen molar-refractivity contribution < 1.29 is 0 Å². The summed E-state index contributed by atoms with van der Waals surface area (Å²) in [4.78, 5) is 0. The van der Waals surface area contributed by atoms with Gasteiger partial charge >= 0.3 is 0 Å². The molecule has 0 unspecified atom stereocenters. The Hall–Kier alpha value is -5.80. The first-order chi connectivity index (χ1) is 27.0. The number of hydrogen-bond donors (Lipinski definition) is 0. The van der Waals surface area contributed by atoms with Crippen molar-refractivity contribution in [2.75, 3.05) is 0 Å². The fourth-order valence-electron chi connectivity index (χ4n) is 7.98. The Morgan fingerprint density at radius 2 is 0.636 bits per heavy atom. The minimum Gasteiger partial charge on any atom is -0.0622 e. The largest absolute Gasteiger partial charge is 0.0714 e. The van der Waals surface area contributed by atoms with Crippen LogP contribution in [0.5, 0.6) is 0 Å². The maximum absolute atomic E-state index is 3.61. The minimum atomic E-state index is -0.575. The second-order valence-corrected chi connectivity index (χ2v) is 15.8. The normalized spacial score (nSPS) is 12.9. The summed E-state index contributed by atoms with van der Waals surface area (Å²) >= 11 is 7.22. The monoisotopic (exact) mass is 830 g/mol. The average molecular weight is 833 g/mol. The Bertz CT molecular complexity index is 2460. The molecule has 0 aromatic heterocycles. The molecule has 1 aliphatic rings. The molecule has 0 saturated heterocycles. The molecule has 0 bridgehead atoms. The van der Waals surface area contributed by atoms with E-state index in [-0.39, 0.29) is 0 Å². The second-order valence-electron chi connectivity index (χ2n) is 14.0. The van der Waals surface area contributed by atoms with E-state index < -0.39 is 5.41 Å². The van der Waals surface area contributed by atoms with Crippen molar-refractivity contribution in [2.45, 2.75) is 5.41 Å². The number of hydrogen-bond acceptors (Lipinski definition) is 0. The highest BCUT2D eigenvalue weighted by molar-refractivity contribution is 9.10. The molecule has 0 aliphatic heterocycles. The van der Waals surface area contributed by atoms with E-state index in [1.807, 2.05) is 0 Å². The van der Waals surface area contributed by atoms with Crippen LogP contribution in [0.2, 0.25) is 0 Å². The van der Waals surface area contributed by atoms with Gasteiger partial charge in [0.25, 0.3) is 0 Å². The van der Waals surface area contributed by atoms with E-state index in [0.717, 1.165) is 8.95 Å². The van der Waals surface area contributed by atoms with E-state index in [1.165, 1.54) is 77.9 Å². The summed E-state index contributed by atoms with van der Waals surface area (Å²) in [5.74, 6) is 0. The average Bonchev–Trinajstić information content (AvgIpc) is 3.53. The van der Waals surface area contributed by atoms with Gasteiger partial charge in [-0.1, -0.05) is 214 Å². The van der Waals surface area contributed by atoms with Gasteiger partial charge in [-0.25, -0.2) is 0 Å². The van der Waals surface area contributed by atoms with E-state index in [0.29, 0.717) is 0 Å². The van der Waals surface area contributed by atoms with Gasteiger partial charge in [-0.2, -0.15) is 0 Å². The van der Waals surface area contributed by atoms with E-state index in [4.69, 9.17) is 0 Å². The van der Waals surface area contributed by atoms with Crippen molar-refractivity contribution in [2.24, 2.45) is 0 Å². The molecule has 0 spiro atoms. The number of rotatable bonds is 8. The van der Waals surface area contributed by atoms with Gasteiger partial charge in [-0.15, -0.1) is 0 Å². The van der Waals surface area contributed by atoms with Gasteiger partial charge in [0.05, 0.1) is 5.41 Å². The molecular formula is C53H36Br2. The quantitative estimate of drug-likeness (QED) is 0.134. The predicted molar refractivity (Wildman–Crippen MR) is 241 cm³/mol. The Kier molecular flexibility index (Phi) is 9.62. The highest BCUT2D eigenvalue weighted by atomic mass is 79.9. The number of benzene rings is 8. The lowest BCUT2D eigenvalue weighted by Gasteiger charge is -2.34. The van der Waals surface area contributed by atoms with Crippen LogP contribution in [0.4, 0.5) is 0 Å². The maximum Gasteiger partial charge on any atom is 0.0714 e. The standard InChI is InChI=1S/C53H36Br2/c54-47-29-21-43(22-30-47)41-17-25-45(26-18-41)53(46-27-19-42(20-28-46)44-23-31-48(55)32-24-44)51-35-39(13-11-37-7-3-1-4-8-37)15-33-49(51)50-34-16-40(36-52(50)53)14-12-38-9-5-2-6-10-38/h1-36H/b13-11+,14-12+. The third kappa shape index (κ3) is 6.89. The van der Waals surface area contributed by atoms with E-state index in [9.17, 15) is 0 Å². The SMILES string of the molecule is Brc1ccc(-c2ccc(C3(c4ccc(-c5ccc(Br)cc5)cc4)c4cc(/C=C/c5ccccc5)ccc4-c4ccc(/C=C/c5ccccc5)cc43)cc2)cc1. The molecule has 0 fully saturated rings. The van der Waals surface area contributed by atoms with Gasteiger partial charge in [0.15, 0.2) is 0 Å². The topological polar surface area (TPSA) is 0 Å². The molecule has 9 rings (SSSR count). The van der Waals surface area contributed by atoms with Crippen LogP contribution in [0.25, 0.3) is 57.7 Å². The van der Waals surface area contributed by atoms with Crippen molar-refractivity contribution in [3.05, 3.63) is 248 Å². The van der Waals surface area contributed by atoms with E-state index in [1.54, 1.807) is 0 Å². The van der Waals surface area contributed by atoms with Gasteiger partial charge in [-0.3, -0.25) is 0 Å². The maximum atomic E-state index is 3.61. The predicted octanol–water partition coefficient (Wildman–Crippen LogP) is 15.2. The molecule has 2 heteroatoms. The van der Waals surface area contributed by atoms with Crippen LogP contribution in [-0.2, 0) is 5.41 Å². The fraction of sp³-hybridized carbons (Fsp3) is 0.0189. The Morgan fingerprint density at radius 3 is 1.00 bits per heavy atom. The zero-order chi connectivity index (χ0) is 37.2. The summed E-state index contributed by atoms with van der Waals surface area (Å²) in [6, 6.07) is 70.7. The summed E-state index contributed by atoms with van der Waals surface area (Å²) in [6.45, 7) is 0. The highest BCUT2D eigenvalue weighted by Crippen LogP contribution is 2.57. The molecule has 262 valence electrons. The van der Waals surface area contributed by atoms with Crippen LogP contribution >= 0.6 is 31.9 Å². The summed E-state index contributed by atoms with van der Waals surface area (Å²) in [7, 11) is 0. The molecule has 55 heavy (non-hydrogen) atoms. The highest BCUT2D eigenvalue weighted by Gasteiger charge is 2.46. The van der Waals surface area contributed by atoms with Crippen LogP contribution < -0.4 is 0 Å². The zero-order valence-electron chi connectivity index (χ0n) is 30.0. The van der Waals surface area contributed by atoms with Crippen molar-refractivity contribution in [1.29, 1.82) is 0 Å². The first-order valence-corrected chi connectivity index (χ1v) is 20.1. The summed E-state index contributed by atoms with van der Waals surface area (Å²) in [6.07, 6.45) is 8.89. The number of fused-ring (bicyclic) bond motifs is 3. The molecule has 0 saturated carbocycles. The Labute approximate surface area is 340 Å². The zero-order valence-corrected chi connectivity index (χ0v) is 33.2. The van der Waals surface area contributed by atoms with Crippen LogP contribution in [0.15, 0.2) is 203 Å². The minimum absolute atomic E-state index is 0.575. The molecule has 1 aliphatic carbocycles. The fourth-order valence-corrected chi connectivity index (χ4v) is 8.51. The summed E-state index contributed by atoms with van der Waals surface area (Å²) < 4.78 is 2.15. The lowest BCUT2D eigenvalue weighted by Crippen LogP contribution is -2.28. The van der Waals surface area contributed by atoms with Crippen molar-refractivity contribution >= 4 is 56.2 Å². The van der Waals surface area contributed by atoms with Crippen LogP contribution in [0.3, 0.4) is 0 Å². The van der Waals surface area contributed by atoms with E-state index >= 15 is 0 Å². The smallest absolute Gasteiger partial charge is 0.0622 e. The Balaban J connectivity index is 1.27. The first-order valence-electron chi connectivity index (χ1n) is 18.5. The summed E-state index contributed by atoms with van der Waals surface area (Å²) in [5, 5.41) is 0. The molecule has 8 aromatic rings. The van der Waals surface area contributed by atoms with Gasteiger partial charge < -0.3 is 0 Å². The molecule has 0 nitrogen and oxygen atoms in total. The van der Waals surface area contributed by atoms with Crippen molar-refractivity contribution in [1.82, 2.24) is 0 Å². The van der Waals surface area contributed by atoms with E-state index in [2.05, 4.69) is 250 Å². The summed E-state index contributed by atoms with van der Waals surface area (Å²) in [5.41, 5.74) is 16.5. The van der Waals surface area contributed by atoms with Crippen LogP contribution in [0, 0.1) is 0 Å². The Morgan fingerprint density at radius 1 is 0.309 bits per heavy atom. The van der Waals surface area contributed by atoms with Crippen LogP contribution in [0.1, 0.15) is 44.5 Å². The third-order valence-electron chi connectivity index (χ3n) is 10.7. The molecular weight excluding hydrogens is 796 g/mol. The first kappa shape index (κ1) is 34.9. The van der Waals surface area contributed by atoms with Gasteiger partial charge in [0.1, 0.15) is 0 Å².